The number of carbonyl (C=O) groups is 2. The summed E-state index contributed by atoms with van der Waals surface area (Å²) in [5, 5.41) is 0. The summed E-state index contributed by atoms with van der Waals surface area (Å²) in [5.74, 6) is -1.45. The molecular weight excluding hydrogens is 349 g/mol. The van der Waals surface area contributed by atoms with Crippen molar-refractivity contribution in [2.24, 2.45) is 0 Å². The van der Waals surface area contributed by atoms with Crippen molar-refractivity contribution in [1.29, 1.82) is 0 Å². The molecule has 0 bridgehead atoms. The van der Waals surface area contributed by atoms with Gasteiger partial charge in [-0.15, -0.1) is 0 Å². The van der Waals surface area contributed by atoms with Gasteiger partial charge >= 0.3 is 18.1 Å². The maximum atomic E-state index is 13.0. The second-order valence-corrected chi connectivity index (χ2v) is 5.76. The average molecular weight is 372 g/mol. The van der Waals surface area contributed by atoms with Crippen molar-refractivity contribution in [2.75, 3.05) is 0 Å². The highest BCUT2D eigenvalue weighted by Crippen LogP contribution is 2.25. The molecule has 0 amide bonds. The third-order valence-corrected chi connectivity index (χ3v) is 3.44. The van der Waals surface area contributed by atoms with E-state index in [2.05, 4.69) is 4.74 Å². The molecule has 4 nitrogen and oxygen atoms in total. The van der Waals surface area contributed by atoms with Crippen molar-refractivity contribution >= 4 is 11.9 Å². The van der Waals surface area contributed by atoms with Crippen LogP contribution >= 0.6 is 0 Å². The van der Waals surface area contributed by atoms with E-state index in [1.165, 1.54) is 37.3 Å². The van der Waals surface area contributed by atoms with E-state index in [1.54, 1.807) is 0 Å². The minimum absolute atomic E-state index is 0.0634. The summed E-state index contributed by atoms with van der Waals surface area (Å²) in [5.41, 5.74) is -0.0634. The average Bonchev–Trinajstić information content (AvgIpc) is 2.56. The fourth-order valence-electron chi connectivity index (χ4n) is 2.13. The van der Waals surface area contributed by atoms with Gasteiger partial charge in [-0.25, -0.2) is 4.79 Å². The van der Waals surface area contributed by atoms with Gasteiger partial charge < -0.3 is 9.47 Å². The van der Waals surface area contributed by atoms with Crippen molar-refractivity contribution in [3.63, 3.8) is 0 Å². The fourth-order valence-corrected chi connectivity index (χ4v) is 2.13. The van der Waals surface area contributed by atoms with Crippen molar-refractivity contribution < 1.29 is 32.2 Å². The fraction of sp³-hybridized carbons (Fsp3) is 0.474. The molecule has 0 heterocycles. The molecule has 0 aliphatic heterocycles. The third kappa shape index (κ3) is 8.18. The van der Waals surface area contributed by atoms with E-state index >= 15 is 0 Å². The molecule has 144 valence electrons. The van der Waals surface area contributed by atoms with E-state index in [-0.39, 0.29) is 11.3 Å². The lowest BCUT2D eigenvalue weighted by atomic mass is 10.1. The quantitative estimate of drug-likeness (QED) is 0.258. The van der Waals surface area contributed by atoms with Gasteiger partial charge in [-0.05, 0) is 43.2 Å². The zero-order chi connectivity index (χ0) is 19.6. The van der Waals surface area contributed by atoms with Gasteiger partial charge in [0.25, 0.3) is 0 Å². The van der Waals surface area contributed by atoms with Gasteiger partial charge in [0.05, 0.1) is 5.56 Å². The first-order chi connectivity index (χ1) is 12.2. The van der Waals surface area contributed by atoms with E-state index in [4.69, 9.17) is 4.74 Å². The molecule has 1 atom stereocenters. The van der Waals surface area contributed by atoms with Crippen LogP contribution in [0, 0.1) is 0 Å². The maximum Gasteiger partial charge on any atom is 0.429 e. The molecule has 0 aliphatic rings. The summed E-state index contributed by atoms with van der Waals surface area (Å²) in [6.45, 7) is 3.26. The lowest BCUT2D eigenvalue weighted by molar-refractivity contribution is -0.189. The summed E-state index contributed by atoms with van der Waals surface area (Å²) >= 11 is 0. The van der Waals surface area contributed by atoms with Crippen LogP contribution in [0.1, 0.15) is 56.3 Å². The van der Waals surface area contributed by atoms with Crippen molar-refractivity contribution in [2.45, 2.75) is 58.2 Å². The summed E-state index contributed by atoms with van der Waals surface area (Å²) in [6, 6.07) is 5.10. The molecular formula is C19H23F3O4. The number of allylic oxidation sites excluding steroid dienone is 1. The highest BCUT2D eigenvalue weighted by Gasteiger charge is 2.41. The molecule has 0 aromatic heterocycles. The van der Waals surface area contributed by atoms with Gasteiger partial charge in [0.2, 0.25) is 6.10 Å². The van der Waals surface area contributed by atoms with Crippen LogP contribution in [0.25, 0.3) is 0 Å². The minimum Gasteiger partial charge on any atom is -0.445 e. The summed E-state index contributed by atoms with van der Waals surface area (Å²) in [6.07, 6.45) is -0.394. The van der Waals surface area contributed by atoms with Crippen LogP contribution < -0.4 is 4.74 Å². The molecule has 0 radical (unpaired) electrons. The standard InChI is InChI=1S/C19H23F3O4/c1-3-4-5-6-7-8-9-17(19(20,21)22)26-18(24)15-10-12-16(13-11-15)25-14(2)23/h8-13,17H,3-7H2,1-2H3/b9-8+. The minimum atomic E-state index is -4.69. The summed E-state index contributed by atoms with van der Waals surface area (Å²) in [7, 11) is 0. The number of benzene rings is 1. The Bertz CT molecular complexity index is 606. The Morgan fingerprint density at radius 2 is 1.77 bits per heavy atom. The number of rotatable bonds is 9. The van der Waals surface area contributed by atoms with Crippen LogP contribution in [-0.4, -0.2) is 24.2 Å². The lowest BCUT2D eigenvalue weighted by Crippen LogP contribution is -2.32. The Labute approximate surface area is 151 Å². The number of halogens is 3. The van der Waals surface area contributed by atoms with Gasteiger partial charge in [-0.3, -0.25) is 4.79 Å². The number of unbranched alkanes of at least 4 members (excludes halogenated alkanes) is 4. The number of hydrogen-bond acceptors (Lipinski definition) is 4. The molecule has 0 fully saturated rings. The van der Waals surface area contributed by atoms with E-state index in [1.807, 2.05) is 6.92 Å². The van der Waals surface area contributed by atoms with Crippen molar-refractivity contribution in [3.05, 3.63) is 42.0 Å². The molecule has 0 saturated carbocycles. The molecule has 0 N–H and O–H groups in total. The van der Waals surface area contributed by atoms with Gasteiger partial charge in [0, 0.05) is 6.92 Å². The number of hydrogen-bond donors (Lipinski definition) is 0. The monoisotopic (exact) mass is 372 g/mol. The predicted molar refractivity (Wildman–Crippen MR) is 90.9 cm³/mol. The van der Waals surface area contributed by atoms with Crippen LogP contribution in [0.2, 0.25) is 0 Å². The number of esters is 2. The zero-order valence-corrected chi connectivity index (χ0v) is 14.8. The smallest absolute Gasteiger partial charge is 0.429 e. The van der Waals surface area contributed by atoms with E-state index in [0.29, 0.717) is 6.42 Å². The third-order valence-electron chi connectivity index (χ3n) is 3.44. The van der Waals surface area contributed by atoms with Gasteiger partial charge in [0.15, 0.2) is 0 Å². The Hall–Kier alpha value is -2.31. The molecule has 26 heavy (non-hydrogen) atoms. The SMILES string of the molecule is CCCCCC/C=C/C(OC(=O)c1ccc(OC(C)=O)cc1)C(F)(F)F. The second kappa shape index (κ2) is 10.6. The first kappa shape index (κ1) is 21.7. The molecule has 1 rings (SSSR count). The molecule has 1 unspecified atom stereocenters. The molecule has 0 spiro atoms. The van der Waals surface area contributed by atoms with Crippen LogP contribution in [0.4, 0.5) is 13.2 Å². The van der Waals surface area contributed by atoms with Crippen molar-refractivity contribution in [1.82, 2.24) is 0 Å². The van der Waals surface area contributed by atoms with Crippen LogP contribution in [0.3, 0.4) is 0 Å². The van der Waals surface area contributed by atoms with Crippen LogP contribution in [-0.2, 0) is 9.53 Å². The molecule has 0 aliphatic carbocycles. The number of carbonyl (C=O) groups excluding carboxylic acids is 2. The van der Waals surface area contributed by atoms with E-state index in [0.717, 1.165) is 31.8 Å². The number of alkyl halides is 3. The van der Waals surface area contributed by atoms with Crippen molar-refractivity contribution in [3.8, 4) is 5.75 Å². The largest absolute Gasteiger partial charge is 0.445 e. The summed E-state index contributed by atoms with van der Waals surface area (Å²) < 4.78 is 48.5. The second-order valence-electron chi connectivity index (χ2n) is 5.76. The normalized spacial score (nSPS) is 12.8. The maximum absolute atomic E-state index is 13.0. The Kier molecular flexibility index (Phi) is 8.88. The zero-order valence-electron chi connectivity index (χ0n) is 14.8. The highest BCUT2D eigenvalue weighted by molar-refractivity contribution is 5.89. The lowest BCUT2D eigenvalue weighted by Gasteiger charge is -2.17. The topological polar surface area (TPSA) is 52.6 Å². The molecule has 7 heteroatoms. The molecule has 0 saturated heterocycles. The highest BCUT2D eigenvalue weighted by atomic mass is 19.4. The number of ether oxygens (including phenoxy) is 2. The summed E-state index contributed by atoms with van der Waals surface area (Å²) in [4.78, 5) is 22.8. The van der Waals surface area contributed by atoms with Gasteiger partial charge in [0.1, 0.15) is 5.75 Å². The van der Waals surface area contributed by atoms with Gasteiger partial charge in [-0.2, -0.15) is 13.2 Å². The van der Waals surface area contributed by atoms with Gasteiger partial charge in [-0.1, -0.05) is 32.3 Å². The Morgan fingerprint density at radius 3 is 2.31 bits per heavy atom. The Morgan fingerprint density at radius 1 is 1.12 bits per heavy atom. The first-order valence-electron chi connectivity index (χ1n) is 8.47. The van der Waals surface area contributed by atoms with E-state index < -0.39 is 24.2 Å². The Balaban J connectivity index is 2.67. The molecule has 1 aromatic carbocycles. The van der Waals surface area contributed by atoms with Crippen LogP contribution in [0.15, 0.2) is 36.4 Å². The molecule has 1 aromatic rings. The predicted octanol–water partition coefficient (Wildman–Crippen LogP) is 5.23. The first-order valence-corrected chi connectivity index (χ1v) is 8.47. The van der Waals surface area contributed by atoms with Crippen LogP contribution in [0.5, 0.6) is 5.75 Å². The van der Waals surface area contributed by atoms with E-state index in [9.17, 15) is 22.8 Å².